The number of amides is 1. The van der Waals surface area contributed by atoms with Crippen LogP contribution in [0.2, 0.25) is 0 Å². The second kappa shape index (κ2) is 3.19. The summed E-state index contributed by atoms with van der Waals surface area (Å²) in [6.07, 6.45) is 1.27. The Hall–Kier alpha value is -1.62. The number of nitrogen functional groups attached to an aromatic ring is 1. The lowest BCUT2D eigenvalue weighted by atomic mass is 10.2. The molecule has 1 rings (SSSR count). The van der Waals surface area contributed by atoms with Crippen LogP contribution in [0.15, 0.2) is 12.3 Å². The number of nitrogens with two attached hydrogens (primary N) is 1. The van der Waals surface area contributed by atoms with Crippen molar-refractivity contribution in [3.63, 3.8) is 0 Å². The van der Waals surface area contributed by atoms with Crippen LogP contribution in [0.25, 0.3) is 0 Å². The van der Waals surface area contributed by atoms with Gasteiger partial charge in [-0.1, -0.05) is 0 Å². The molecule has 64 valence electrons. The summed E-state index contributed by atoms with van der Waals surface area (Å²) in [5.74, 6) is 4.40. The highest BCUT2D eigenvalue weighted by molar-refractivity contribution is 5.95. The van der Waals surface area contributed by atoms with E-state index in [9.17, 15) is 4.79 Å². The third kappa shape index (κ3) is 1.51. The van der Waals surface area contributed by atoms with Gasteiger partial charge in [-0.05, 0) is 13.0 Å². The maximum absolute atomic E-state index is 11.0. The van der Waals surface area contributed by atoms with Gasteiger partial charge in [-0.25, -0.2) is 5.84 Å². The molecule has 0 fully saturated rings. The number of rotatable bonds is 1. The topological polar surface area (TPSA) is 88.2 Å². The van der Waals surface area contributed by atoms with Crippen LogP contribution < -0.4 is 11.3 Å². The summed E-state index contributed by atoms with van der Waals surface area (Å²) in [4.78, 5) is 14.8. The first-order valence-corrected chi connectivity index (χ1v) is 3.31. The quantitative estimate of drug-likeness (QED) is 0.304. The fourth-order valence-electron chi connectivity index (χ4n) is 0.830. The smallest absolute Gasteiger partial charge is 0.267 e. The second-order valence-corrected chi connectivity index (χ2v) is 2.30. The fourth-order valence-corrected chi connectivity index (χ4v) is 0.830. The number of hydrogen-bond acceptors (Lipinski definition) is 4. The third-order valence-electron chi connectivity index (χ3n) is 1.45. The molecule has 0 saturated heterocycles. The van der Waals surface area contributed by atoms with Gasteiger partial charge in [0.15, 0.2) is 0 Å². The average molecular weight is 167 g/mol. The highest BCUT2D eigenvalue weighted by Gasteiger charge is 2.08. The molecular formula is C7H9N3O2. The molecule has 1 heterocycles. The summed E-state index contributed by atoms with van der Waals surface area (Å²) in [6.45, 7) is 1.66. The van der Waals surface area contributed by atoms with Gasteiger partial charge in [0, 0.05) is 0 Å². The Bertz CT molecular complexity index is 312. The SMILES string of the molecule is Cc1ncc(O)cc1C(=O)NN. The summed E-state index contributed by atoms with van der Waals surface area (Å²) >= 11 is 0. The van der Waals surface area contributed by atoms with Crippen LogP contribution in [0.5, 0.6) is 5.75 Å². The average Bonchev–Trinajstić information content (AvgIpc) is 2.08. The van der Waals surface area contributed by atoms with Crippen molar-refractivity contribution in [2.24, 2.45) is 5.84 Å². The van der Waals surface area contributed by atoms with Gasteiger partial charge in [-0.15, -0.1) is 0 Å². The summed E-state index contributed by atoms with van der Waals surface area (Å²) in [5.41, 5.74) is 2.76. The van der Waals surface area contributed by atoms with Crippen LogP contribution in [0.4, 0.5) is 0 Å². The van der Waals surface area contributed by atoms with Gasteiger partial charge in [0.05, 0.1) is 17.5 Å². The van der Waals surface area contributed by atoms with E-state index in [-0.39, 0.29) is 11.3 Å². The number of aryl methyl sites for hydroxylation is 1. The zero-order valence-electron chi connectivity index (χ0n) is 6.53. The van der Waals surface area contributed by atoms with E-state index in [1.54, 1.807) is 6.92 Å². The van der Waals surface area contributed by atoms with Gasteiger partial charge >= 0.3 is 0 Å². The molecule has 5 heteroatoms. The van der Waals surface area contributed by atoms with Crippen molar-refractivity contribution >= 4 is 5.91 Å². The van der Waals surface area contributed by atoms with Gasteiger partial charge in [0.2, 0.25) is 0 Å². The minimum absolute atomic E-state index is 0.0563. The van der Waals surface area contributed by atoms with Crippen molar-refractivity contribution in [2.75, 3.05) is 0 Å². The van der Waals surface area contributed by atoms with E-state index >= 15 is 0 Å². The molecule has 0 atom stereocenters. The van der Waals surface area contributed by atoms with Crippen LogP contribution >= 0.6 is 0 Å². The Balaban J connectivity index is 3.13. The lowest BCUT2D eigenvalue weighted by Crippen LogP contribution is -2.30. The number of aromatic nitrogens is 1. The molecule has 0 unspecified atom stereocenters. The largest absolute Gasteiger partial charge is 0.506 e. The molecule has 0 bridgehead atoms. The summed E-state index contributed by atoms with van der Waals surface area (Å²) in [7, 11) is 0. The number of hydrazine groups is 1. The summed E-state index contributed by atoms with van der Waals surface area (Å²) in [6, 6.07) is 1.31. The van der Waals surface area contributed by atoms with Crippen LogP contribution in [0.3, 0.4) is 0 Å². The Labute approximate surface area is 69.2 Å². The first-order chi connectivity index (χ1) is 5.65. The lowest BCUT2D eigenvalue weighted by Gasteiger charge is -2.02. The molecule has 0 aliphatic carbocycles. The highest BCUT2D eigenvalue weighted by atomic mass is 16.3. The minimum atomic E-state index is -0.462. The number of carbonyl (C=O) groups is 1. The standard InChI is InChI=1S/C7H9N3O2/c1-4-6(7(12)10-8)2-5(11)3-9-4/h2-3,11H,8H2,1H3,(H,10,12). The molecule has 0 spiro atoms. The predicted octanol–water partition coefficient (Wildman–Crippen LogP) is -0.301. The van der Waals surface area contributed by atoms with Crippen molar-refractivity contribution in [1.82, 2.24) is 10.4 Å². The van der Waals surface area contributed by atoms with E-state index in [1.165, 1.54) is 12.3 Å². The van der Waals surface area contributed by atoms with Gasteiger partial charge in [0.1, 0.15) is 5.75 Å². The number of hydrogen-bond donors (Lipinski definition) is 3. The molecule has 5 nitrogen and oxygen atoms in total. The maximum Gasteiger partial charge on any atom is 0.267 e. The van der Waals surface area contributed by atoms with Crippen LogP contribution in [0, 0.1) is 6.92 Å². The number of aromatic hydroxyl groups is 1. The number of nitrogens with zero attached hydrogens (tertiary/aromatic N) is 1. The van der Waals surface area contributed by atoms with E-state index in [4.69, 9.17) is 10.9 Å². The minimum Gasteiger partial charge on any atom is -0.506 e. The van der Waals surface area contributed by atoms with Crippen LogP contribution in [0.1, 0.15) is 16.1 Å². The van der Waals surface area contributed by atoms with Gasteiger partial charge < -0.3 is 5.11 Å². The van der Waals surface area contributed by atoms with E-state index < -0.39 is 5.91 Å². The zero-order valence-corrected chi connectivity index (χ0v) is 6.53. The number of nitrogens with one attached hydrogen (secondary N) is 1. The Morgan fingerprint density at radius 2 is 2.42 bits per heavy atom. The Morgan fingerprint density at radius 1 is 1.75 bits per heavy atom. The van der Waals surface area contributed by atoms with E-state index in [1.807, 2.05) is 5.43 Å². The molecule has 1 amide bonds. The Morgan fingerprint density at radius 3 is 3.00 bits per heavy atom. The number of carbonyl (C=O) groups excluding carboxylic acids is 1. The normalized spacial score (nSPS) is 9.50. The van der Waals surface area contributed by atoms with E-state index in [2.05, 4.69) is 4.98 Å². The van der Waals surface area contributed by atoms with Crippen molar-refractivity contribution in [2.45, 2.75) is 6.92 Å². The maximum atomic E-state index is 11.0. The van der Waals surface area contributed by atoms with Crippen molar-refractivity contribution in [3.8, 4) is 5.75 Å². The molecular weight excluding hydrogens is 158 g/mol. The van der Waals surface area contributed by atoms with Gasteiger partial charge in [-0.2, -0.15) is 0 Å². The van der Waals surface area contributed by atoms with Crippen molar-refractivity contribution in [1.29, 1.82) is 0 Å². The first-order valence-electron chi connectivity index (χ1n) is 3.31. The molecule has 1 aromatic rings. The molecule has 1 aromatic heterocycles. The summed E-state index contributed by atoms with van der Waals surface area (Å²) in [5, 5.41) is 9.00. The van der Waals surface area contributed by atoms with Crippen molar-refractivity contribution in [3.05, 3.63) is 23.5 Å². The van der Waals surface area contributed by atoms with E-state index in [0.717, 1.165) is 0 Å². The van der Waals surface area contributed by atoms with Crippen molar-refractivity contribution < 1.29 is 9.90 Å². The molecule has 12 heavy (non-hydrogen) atoms. The zero-order chi connectivity index (χ0) is 9.14. The fraction of sp³-hybridized carbons (Fsp3) is 0.143. The molecule has 4 N–H and O–H groups in total. The summed E-state index contributed by atoms with van der Waals surface area (Å²) < 4.78 is 0. The third-order valence-corrected chi connectivity index (χ3v) is 1.45. The predicted molar refractivity (Wildman–Crippen MR) is 42.3 cm³/mol. The second-order valence-electron chi connectivity index (χ2n) is 2.30. The first kappa shape index (κ1) is 8.48. The van der Waals surface area contributed by atoms with Gasteiger partial charge in [-0.3, -0.25) is 15.2 Å². The highest BCUT2D eigenvalue weighted by Crippen LogP contribution is 2.12. The molecule has 0 radical (unpaired) electrons. The lowest BCUT2D eigenvalue weighted by molar-refractivity contribution is 0.0952. The molecule has 0 aliphatic heterocycles. The molecule has 0 aromatic carbocycles. The molecule has 0 saturated carbocycles. The molecule has 0 aliphatic rings. The number of pyridine rings is 1. The van der Waals surface area contributed by atoms with Gasteiger partial charge in [0.25, 0.3) is 5.91 Å². The monoisotopic (exact) mass is 167 g/mol. The Kier molecular flexibility index (Phi) is 2.25. The van der Waals surface area contributed by atoms with E-state index in [0.29, 0.717) is 5.69 Å². The van der Waals surface area contributed by atoms with Crippen LogP contribution in [-0.2, 0) is 0 Å². The van der Waals surface area contributed by atoms with Crippen LogP contribution in [-0.4, -0.2) is 16.0 Å².